The van der Waals surface area contributed by atoms with Crippen LogP contribution in [0.5, 0.6) is 11.5 Å². The average Bonchev–Trinajstić information content (AvgIpc) is 2.75. The molecule has 0 aromatic heterocycles. The van der Waals surface area contributed by atoms with Gasteiger partial charge in [-0.2, -0.15) is 0 Å². The molecular formula is C24H23NO4. The molecule has 1 N–H and O–H groups in total. The Bertz CT molecular complexity index is 968. The highest BCUT2D eigenvalue weighted by Gasteiger charge is 2.14. The van der Waals surface area contributed by atoms with Crippen LogP contribution in [0.4, 0.5) is 5.69 Å². The fourth-order valence-electron chi connectivity index (χ4n) is 2.96. The third-order valence-corrected chi connectivity index (χ3v) is 4.54. The van der Waals surface area contributed by atoms with Crippen molar-refractivity contribution in [2.45, 2.75) is 19.3 Å². The Morgan fingerprint density at radius 1 is 0.897 bits per heavy atom. The van der Waals surface area contributed by atoms with Crippen LogP contribution in [-0.4, -0.2) is 19.0 Å². The Morgan fingerprint density at radius 3 is 2.24 bits per heavy atom. The molecule has 0 aliphatic rings. The molecule has 0 radical (unpaired) electrons. The summed E-state index contributed by atoms with van der Waals surface area (Å²) >= 11 is 0. The van der Waals surface area contributed by atoms with Gasteiger partial charge in [0.2, 0.25) is 0 Å². The van der Waals surface area contributed by atoms with E-state index in [9.17, 15) is 9.59 Å². The first-order valence-electron chi connectivity index (χ1n) is 9.37. The Labute approximate surface area is 170 Å². The number of para-hydroxylation sites is 1. The van der Waals surface area contributed by atoms with Crippen molar-refractivity contribution >= 4 is 17.6 Å². The van der Waals surface area contributed by atoms with Gasteiger partial charge in [-0.1, -0.05) is 49.4 Å². The zero-order chi connectivity index (χ0) is 20.6. The van der Waals surface area contributed by atoms with Gasteiger partial charge in [-0.25, -0.2) is 0 Å². The van der Waals surface area contributed by atoms with Crippen molar-refractivity contribution in [1.82, 2.24) is 0 Å². The van der Waals surface area contributed by atoms with E-state index in [0.29, 0.717) is 22.7 Å². The number of esters is 1. The van der Waals surface area contributed by atoms with Gasteiger partial charge >= 0.3 is 5.97 Å². The van der Waals surface area contributed by atoms with Crippen molar-refractivity contribution < 1.29 is 19.1 Å². The molecule has 0 saturated heterocycles. The zero-order valence-electron chi connectivity index (χ0n) is 16.4. The first-order chi connectivity index (χ1) is 14.1. The molecular weight excluding hydrogens is 366 g/mol. The molecule has 0 fully saturated rings. The first kappa shape index (κ1) is 20.1. The number of methoxy groups -OCH3 is 1. The number of amides is 1. The van der Waals surface area contributed by atoms with Crippen LogP contribution in [0.15, 0.2) is 78.9 Å². The molecule has 5 nitrogen and oxygen atoms in total. The number of carbonyl (C=O) groups is 2. The Hall–Kier alpha value is -3.60. The lowest BCUT2D eigenvalue weighted by Gasteiger charge is -2.12. The highest BCUT2D eigenvalue weighted by atomic mass is 16.5. The van der Waals surface area contributed by atoms with Gasteiger partial charge < -0.3 is 14.8 Å². The molecule has 3 rings (SSSR count). The molecule has 0 spiro atoms. The van der Waals surface area contributed by atoms with Crippen molar-refractivity contribution in [2.75, 3.05) is 12.4 Å². The summed E-state index contributed by atoms with van der Waals surface area (Å²) in [6, 6.07) is 23.5. The summed E-state index contributed by atoms with van der Waals surface area (Å²) in [5.74, 6) is 0.438. The van der Waals surface area contributed by atoms with E-state index in [1.165, 1.54) is 7.11 Å². The number of benzene rings is 3. The van der Waals surface area contributed by atoms with Gasteiger partial charge in [0.1, 0.15) is 11.5 Å². The molecule has 148 valence electrons. The molecule has 3 aromatic carbocycles. The molecule has 29 heavy (non-hydrogen) atoms. The lowest BCUT2D eigenvalue weighted by molar-refractivity contribution is -0.134. The predicted molar refractivity (Wildman–Crippen MR) is 112 cm³/mol. The maximum atomic E-state index is 12.4. The Kier molecular flexibility index (Phi) is 6.63. The standard InChI is InChI=1S/C24H23NO4/c1-17(18-8-4-3-5-9-18)16-23(26)29-20-14-12-19(13-15-20)25-24(27)21-10-6-7-11-22(21)28-2/h3-15,17H,16H2,1-2H3,(H,25,27). The second-order valence-electron chi connectivity index (χ2n) is 6.67. The highest BCUT2D eigenvalue weighted by Crippen LogP contribution is 2.23. The maximum absolute atomic E-state index is 12.4. The summed E-state index contributed by atoms with van der Waals surface area (Å²) in [7, 11) is 1.52. The lowest BCUT2D eigenvalue weighted by Crippen LogP contribution is -2.13. The van der Waals surface area contributed by atoms with E-state index in [4.69, 9.17) is 9.47 Å². The first-order valence-corrected chi connectivity index (χ1v) is 9.37. The predicted octanol–water partition coefficient (Wildman–Crippen LogP) is 5.05. The summed E-state index contributed by atoms with van der Waals surface area (Å²) in [4.78, 5) is 24.6. The number of hydrogen-bond acceptors (Lipinski definition) is 4. The summed E-state index contributed by atoms with van der Waals surface area (Å²) in [5.41, 5.74) is 2.14. The molecule has 3 aromatic rings. The second-order valence-corrected chi connectivity index (χ2v) is 6.67. The Morgan fingerprint density at radius 2 is 1.55 bits per heavy atom. The van der Waals surface area contributed by atoms with Gasteiger partial charge in [0.25, 0.3) is 5.91 Å². The third-order valence-electron chi connectivity index (χ3n) is 4.54. The molecule has 0 saturated carbocycles. The summed E-state index contributed by atoms with van der Waals surface area (Å²) in [5, 5.41) is 2.81. The minimum atomic E-state index is -0.299. The third kappa shape index (κ3) is 5.45. The van der Waals surface area contributed by atoms with Gasteiger partial charge in [-0.15, -0.1) is 0 Å². The van der Waals surface area contributed by atoms with E-state index in [-0.39, 0.29) is 24.2 Å². The number of anilines is 1. The molecule has 1 unspecified atom stereocenters. The van der Waals surface area contributed by atoms with Crippen LogP contribution in [0.3, 0.4) is 0 Å². The maximum Gasteiger partial charge on any atom is 0.311 e. The van der Waals surface area contributed by atoms with Crippen LogP contribution in [0.2, 0.25) is 0 Å². The van der Waals surface area contributed by atoms with Crippen LogP contribution in [-0.2, 0) is 4.79 Å². The lowest BCUT2D eigenvalue weighted by atomic mass is 9.98. The van der Waals surface area contributed by atoms with Crippen LogP contribution >= 0.6 is 0 Å². The van der Waals surface area contributed by atoms with Crippen LogP contribution in [0.25, 0.3) is 0 Å². The zero-order valence-corrected chi connectivity index (χ0v) is 16.4. The molecule has 0 aliphatic carbocycles. The summed E-state index contributed by atoms with van der Waals surface area (Å²) in [6.45, 7) is 1.99. The van der Waals surface area contributed by atoms with Crippen LogP contribution < -0.4 is 14.8 Å². The van der Waals surface area contributed by atoms with Gasteiger partial charge in [-0.3, -0.25) is 9.59 Å². The molecule has 0 heterocycles. The molecule has 0 aliphatic heterocycles. The molecule has 0 bridgehead atoms. The van der Waals surface area contributed by atoms with E-state index in [1.807, 2.05) is 37.3 Å². The Balaban J connectivity index is 1.57. The largest absolute Gasteiger partial charge is 0.496 e. The van der Waals surface area contributed by atoms with E-state index >= 15 is 0 Å². The van der Waals surface area contributed by atoms with Gasteiger partial charge in [0.05, 0.1) is 19.1 Å². The average molecular weight is 389 g/mol. The van der Waals surface area contributed by atoms with Gasteiger partial charge in [0, 0.05) is 5.69 Å². The fourth-order valence-corrected chi connectivity index (χ4v) is 2.96. The van der Waals surface area contributed by atoms with Crippen molar-refractivity contribution in [2.24, 2.45) is 0 Å². The topological polar surface area (TPSA) is 64.6 Å². The van der Waals surface area contributed by atoms with Crippen molar-refractivity contribution in [3.63, 3.8) is 0 Å². The van der Waals surface area contributed by atoms with Crippen LogP contribution in [0, 0.1) is 0 Å². The van der Waals surface area contributed by atoms with E-state index in [0.717, 1.165) is 5.56 Å². The smallest absolute Gasteiger partial charge is 0.311 e. The minimum absolute atomic E-state index is 0.0723. The number of ether oxygens (including phenoxy) is 2. The molecule has 1 atom stereocenters. The number of carbonyl (C=O) groups excluding carboxylic acids is 2. The number of rotatable bonds is 7. The monoisotopic (exact) mass is 389 g/mol. The number of hydrogen-bond donors (Lipinski definition) is 1. The number of nitrogens with one attached hydrogen (secondary N) is 1. The van der Waals surface area contributed by atoms with Gasteiger partial charge in [-0.05, 0) is 47.9 Å². The fraction of sp³-hybridized carbons (Fsp3) is 0.167. The van der Waals surface area contributed by atoms with Crippen LogP contribution in [0.1, 0.15) is 35.2 Å². The van der Waals surface area contributed by atoms with Crippen molar-refractivity contribution in [1.29, 1.82) is 0 Å². The summed E-state index contributed by atoms with van der Waals surface area (Å²) < 4.78 is 10.6. The minimum Gasteiger partial charge on any atom is -0.496 e. The summed E-state index contributed by atoms with van der Waals surface area (Å²) in [6.07, 6.45) is 0.288. The van der Waals surface area contributed by atoms with E-state index in [1.54, 1.807) is 48.5 Å². The SMILES string of the molecule is COc1ccccc1C(=O)Nc1ccc(OC(=O)CC(C)c2ccccc2)cc1. The quantitative estimate of drug-likeness (QED) is 0.454. The van der Waals surface area contributed by atoms with E-state index < -0.39 is 0 Å². The van der Waals surface area contributed by atoms with E-state index in [2.05, 4.69) is 5.32 Å². The highest BCUT2D eigenvalue weighted by molar-refractivity contribution is 6.06. The molecule has 5 heteroatoms. The molecule has 1 amide bonds. The second kappa shape index (κ2) is 9.55. The normalized spacial score (nSPS) is 11.4. The van der Waals surface area contributed by atoms with Crippen molar-refractivity contribution in [3.8, 4) is 11.5 Å². The van der Waals surface area contributed by atoms with Gasteiger partial charge in [0.15, 0.2) is 0 Å². The van der Waals surface area contributed by atoms with Crippen molar-refractivity contribution in [3.05, 3.63) is 90.0 Å².